The van der Waals surface area contributed by atoms with Gasteiger partial charge in [0.05, 0.1) is 0 Å². The van der Waals surface area contributed by atoms with E-state index >= 15 is 0 Å². The number of carbonyl (C=O) groups excluding carboxylic acids is 1. The molecule has 2 rings (SSSR count). The van der Waals surface area contributed by atoms with Gasteiger partial charge in [0.2, 0.25) is 5.91 Å². The van der Waals surface area contributed by atoms with Gasteiger partial charge >= 0.3 is 0 Å². The normalized spacial score (nSPS) is 16.2. The van der Waals surface area contributed by atoms with Crippen molar-refractivity contribution in [1.29, 1.82) is 0 Å². The van der Waals surface area contributed by atoms with Crippen LogP contribution in [0.5, 0.6) is 0 Å². The summed E-state index contributed by atoms with van der Waals surface area (Å²) in [7, 11) is 0. The Morgan fingerprint density at radius 3 is 2.78 bits per heavy atom. The van der Waals surface area contributed by atoms with Gasteiger partial charge in [0, 0.05) is 24.3 Å². The van der Waals surface area contributed by atoms with E-state index in [9.17, 15) is 4.79 Å². The second-order valence-electron chi connectivity index (χ2n) is 5.44. The van der Waals surface area contributed by atoms with E-state index in [1.165, 1.54) is 31.7 Å². The van der Waals surface area contributed by atoms with Crippen LogP contribution in [-0.4, -0.2) is 11.9 Å². The van der Waals surface area contributed by atoms with Crippen LogP contribution in [0.1, 0.15) is 38.7 Å². The first-order valence-corrected chi connectivity index (χ1v) is 6.69. The molecule has 0 aliphatic heterocycles. The number of anilines is 2. The number of aryl methyl sites for hydroxylation is 1. The Hall–Kier alpha value is -1.51. The average Bonchev–Trinajstić information content (AvgIpc) is 3.06. The van der Waals surface area contributed by atoms with Crippen LogP contribution in [0.3, 0.4) is 0 Å². The molecule has 2 N–H and O–H groups in total. The van der Waals surface area contributed by atoms with Gasteiger partial charge in [0.15, 0.2) is 0 Å². The van der Waals surface area contributed by atoms with Crippen molar-refractivity contribution in [2.75, 3.05) is 10.6 Å². The molecule has 0 heterocycles. The number of hydrogen-bond donors (Lipinski definition) is 2. The number of carbonyl (C=O) groups is 1. The SMILES string of the molecule is CC(=O)Nc1ccc(C)c(N[C@H](C)CC2CC2)c1. The van der Waals surface area contributed by atoms with E-state index < -0.39 is 0 Å². The maximum Gasteiger partial charge on any atom is 0.221 e. The van der Waals surface area contributed by atoms with Crippen LogP contribution >= 0.6 is 0 Å². The largest absolute Gasteiger partial charge is 0.382 e. The third-order valence-corrected chi connectivity index (χ3v) is 3.34. The fraction of sp³-hybridized carbons (Fsp3) is 0.533. The molecular weight excluding hydrogens is 224 g/mol. The lowest BCUT2D eigenvalue weighted by molar-refractivity contribution is -0.114. The highest BCUT2D eigenvalue weighted by molar-refractivity contribution is 5.89. The van der Waals surface area contributed by atoms with Gasteiger partial charge in [0.25, 0.3) is 0 Å². The van der Waals surface area contributed by atoms with Gasteiger partial charge in [-0.3, -0.25) is 4.79 Å². The Bertz CT molecular complexity index is 438. The summed E-state index contributed by atoms with van der Waals surface area (Å²) < 4.78 is 0. The summed E-state index contributed by atoms with van der Waals surface area (Å²) in [4.78, 5) is 11.1. The second kappa shape index (κ2) is 5.42. The molecule has 0 spiro atoms. The van der Waals surface area contributed by atoms with E-state index in [1.54, 1.807) is 0 Å². The zero-order valence-corrected chi connectivity index (χ0v) is 11.4. The molecule has 18 heavy (non-hydrogen) atoms. The molecule has 1 atom stereocenters. The Labute approximate surface area is 109 Å². The number of nitrogens with one attached hydrogen (secondary N) is 2. The molecule has 3 heteroatoms. The third kappa shape index (κ3) is 3.76. The maximum atomic E-state index is 11.1. The van der Waals surface area contributed by atoms with Gasteiger partial charge in [-0.15, -0.1) is 0 Å². The molecule has 1 aliphatic carbocycles. The van der Waals surface area contributed by atoms with Crippen LogP contribution in [0, 0.1) is 12.8 Å². The van der Waals surface area contributed by atoms with Gasteiger partial charge in [-0.05, 0) is 43.9 Å². The molecule has 0 saturated heterocycles. The predicted octanol–water partition coefficient (Wildman–Crippen LogP) is 3.55. The molecule has 3 nitrogen and oxygen atoms in total. The van der Waals surface area contributed by atoms with Crippen molar-refractivity contribution in [3.8, 4) is 0 Å². The van der Waals surface area contributed by atoms with E-state index in [0.29, 0.717) is 6.04 Å². The fourth-order valence-corrected chi connectivity index (χ4v) is 2.24. The van der Waals surface area contributed by atoms with Crippen LogP contribution in [0.15, 0.2) is 18.2 Å². The van der Waals surface area contributed by atoms with Gasteiger partial charge < -0.3 is 10.6 Å². The molecule has 1 fully saturated rings. The summed E-state index contributed by atoms with van der Waals surface area (Å²) in [6.07, 6.45) is 4.01. The van der Waals surface area contributed by atoms with Gasteiger partial charge in [-0.2, -0.15) is 0 Å². The lowest BCUT2D eigenvalue weighted by Gasteiger charge is -2.17. The number of amides is 1. The molecule has 1 aliphatic rings. The van der Waals surface area contributed by atoms with Crippen molar-refractivity contribution in [3.05, 3.63) is 23.8 Å². The molecule has 98 valence electrons. The van der Waals surface area contributed by atoms with Crippen LogP contribution in [0.25, 0.3) is 0 Å². The average molecular weight is 246 g/mol. The van der Waals surface area contributed by atoms with Crippen LogP contribution in [0.4, 0.5) is 11.4 Å². The minimum absolute atomic E-state index is 0.0316. The van der Waals surface area contributed by atoms with Crippen molar-refractivity contribution in [1.82, 2.24) is 0 Å². The van der Waals surface area contributed by atoms with E-state index in [0.717, 1.165) is 17.3 Å². The number of rotatable bonds is 5. The smallest absolute Gasteiger partial charge is 0.221 e. The third-order valence-electron chi connectivity index (χ3n) is 3.34. The van der Waals surface area contributed by atoms with Crippen molar-refractivity contribution in [2.24, 2.45) is 5.92 Å². The van der Waals surface area contributed by atoms with Crippen molar-refractivity contribution >= 4 is 17.3 Å². The van der Waals surface area contributed by atoms with Gasteiger partial charge in [-0.25, -0.2) is 0 Å². The van der Waals surface area contributed by atoms with Crippen molar-refractivity contribution < 1.29 is 4.79 Å². The van der Waals surface area contributed by atoms with E-state index in [-0.39, 0.29) is 5.91 Å². The van der Waals surface area contributed by atoms with Gasteiger partial charge in [-0.1, -0.05) is 18.9 Å². The summed E-state index contributed by atoms with van der Waals surface area (Å²) in [5.74, 6) is 0.891. The Morgan fingerprint density at radius 2 is 2.17 bits per heavy atom. The summed E-state index contributed by atoms with van der Waals surface area (Å²) in [6.45, 7) is 5.84. The van der Waals surface area contributed by atoms with Crippen LogP contribution < -0.4 is 10.6 Å². The highest BCUT2D eigenvalue weighted by Gasteiger charge is 2.23. The molecule has 0 radical (unpaired) electrons. The molecule has 1 aromatic carbocycles. The summed E-state index contributed by atoms with van der Waals surface area (Å²) in [5.41, 5.74) is 3.19. The zero-order chi connectivity index (χ0) is 13.1. The minimum Gasteiger partial charge on any atom is -0.382 e. The lowest BCUT2D eigenvalue weighted by Crippen LogP contribution is -2.16. The highest BCUT2D eigenvalue weighted by Crippen LogP contribution is 2.34. The maximum absolute atomic E-state index is 11.1. The van der Waals surface area contributed by atoms with Crippen molar-refractivity contribution in [3.63, 3.8) is 0 Å². The fourth-order valence-electron chi connectivity index (χ4n) is 2.24. The first-order chi connectivity index (χ1) is 8.54. The Balaban J connectivity index is 2.02. The van der Waals surface area contributed by atoms with E-state index in [4.69, 9.17) is 0 Å². The van der Waals surface area contributed by atoms with Crippen molar-refractivity contribution in [2.45, 2.75) is 46.1 Å². The summed E-state index contributed by atoms with van der Waals surface area (Å²) in [6, 6.07) is 6.48. The first-order valence-electron chi connectivity index (χ1n) is 6.69. The van der Waals surface area contributed by atoms with Gasteiger partial charge in [0.1, 0.15) is 0 Å². The van der Waals surface area contributed by atoms with E-state index in [1.807, 2.05) is 18.2 Å². The standard InChI is InChI=1S/C15H22N2O/c1-10-4-7-14(17-12(3)18)9-15(10)16-11(2)8-13-5-6-13/h4,7,9,11,13,16H,5-6,8H2,1-3H3,(H,17,18)/t11-/m1/s1. The molecule has 0 bridgehead atoms. The zero-order valence-electron chi connectivity index (χ0n) is 11.4. The molecule has 1 amide bonds. The first kappa shape index (κ1) is 12.9. The minimum atomic E-state index is -0.0316. The molecule has 1 saturated carbocycles. The van der Waals surface area contributed by atoms with E-state index in [2.05, 4.69) is 24.5 Å². The predicted molar refractivity (Wildman–Crippen MR) is 75.9 cm³/mol. The summed E-state index contributed by atoms with van der Waals surface area (Å²) >= 11 is 0. The quantitative estimate of drug-likeness (QED) is 0.834. The Kier molecular flexibility index (Phi) is 3.90. The monoisotopic (exact) mass is 246 g/mol. The van der Waals surface area contributed by atoms with Crippen LogP contribution in [0.2, 0.25) is 0 Å². The molecule has 1 aromatic rings. The highest BCUT2D eigenvalue weighted by atomic mass is 16.1. The Morgan fingerprint density at radius 1 is 1.44 bits per heavy atom. The number of hydrogen-bond acceptors (Lipinski definition) is 2. The topological polar surface area (TPSA) is 41.1 Å². The molecule has 0 aromatic heterocycles. The lowest BCUT2D eigenvalue weighted by atomic mass is 10.1. The summed E-state index contributed by atoms with van der Waals surface area (Å²) in [5, 5.41) is 6.36. The molecular formula is C15H22N2O. The van der Waals surface area contributed by atoms with Crippen LogP contribution in [-0.2, 0) is 4.79 Å². The second-order valence-corrected chi connectivity index (χ2v) is 5.44. The number of benzene rings is 1. The molecule has 0 unspecified atom stereocenters.